The molecule has 0 atom stereocenters. The number of hydrogen-bond donors (Lipinski definition) is 1. The molecule has 0 aliphatic rings. The fourth-order valence-corrected chi connectivity index (χ4v) is 3.67. The van der Waals surface area contributed by atoms with Gasteiger partial charge in [0.25, 0.3) is 15.9 Å². The third-order valence-electron chi connectivity index (χ3n) is 3.49. The van der Waals surface area contributed by atoms with Crippen LogP contribution in [-0.2, 0) is 10.0 Å². The van der Waals surface area contributed by atoms with Crippen molar-refractivity contribution in [3.8, 4) is 0 Å². The maximum absolute atomic E-state index is 12.7. The van der Waals surface area contributed by atoms with E-state index in [2.05, 4.69) is 27.2 Å². The second-order valence-electron chi connectivity index (χ2n) is 5.73. The average molecular weight is 477 g/mol. The lowest BCUT2D eigenvalue weighted by atomic mass is 10.2. The monoisotopic (exact) mass is 476 g/mol. The minimum Gasteiger partial charge on any atom is -0.326 e. The number of halogens is 4. The lowest BCUT2D eigenvalue weighted by Crippen LogP contribution is -2.39. The Labute approximate surface area is 169 Å². The van der Waals surface area contributed by atoms with Crippen LogP contribution in [0.1, 0.15) is 10.4 Å². The second-order valence-corrected chi connectivity index (χ2v) is 8.33. The van der Waals surface area contributed by atoms with Gasteiger partial charge >= 0.3 is 6.18 Å². The first-order valence-electron chi connectivity index (χ1n) is 7.87. The molecule has 0 saturated heterocycles. The highest BCUT2D eigenvalue weighted by atomic mass is 79.9. The van der Waals surface area contributed by atoms with Crippen LogP contribution in [-0.4, -0.2) is 38.5 Å². The van der Waals surface area contributed by atoms with Gasteiger partial charge in [0.2, 0.25) is 0 Å². The Balaban J connectivity index is 2.29. The van der Waals surface area contributed by atoms with Gasteiger partial charge in [-0.05, 0) is 42.5 Å². The zero-order valence-corrected chi connectivity index (χ0v) is 16.8. The molecule has 1 N–H and O–H groups in total. The summed E-state index contributed by atoms with van der Waals surface area (Å²) in [5.41, 5.74) is 0.120. The molecule has 0 unspecified atom stereocenters. The molecule has 0 saturated carbocycles. The van der Waals surface area contributed by atoms with Gasteiger partial charge in [-0.2, -0.15) is 13.2 Å². The zero-order chi connectivity index (χ0) is 20.9. The molecule has 0 aliphatic heterocycles. The summed E-state index contributed by atoms with van der Waals surface area (Å²) in [6.45, 7) is 1.55. The van der Waals surface area contributed by atoms with Crippen LogP contribution in [0.4, 0.5) is 18.9 Å². The van der Waals surface area contributed by atoms with Gasteiger partial charge in [-0.3, -0.25) is 9.52 Å². The molecule has 0 spiro atoms. The molecule has 150 valence electrons. The highest BCUT2D eigenvalue weighted by molar-refractivity contribution is 9.10. The van der Waals surface area contributed by atoms with Crippen molar-refractivity contribution in [2.45, 2.75) is 11.1 Å². The van der Waals surface area contributed by atoms with Gasteiger partial charge in [0.05, 0.1) is 4.90 Å². The summed E-state index contributed by atoms with van der Waals surface area (Å²) in [6, 6.07) is 11.2. The van der Waals surface area contributed by atoms with Crippen molar-refractivity contribution in [3.05, 3.63) is 71.2 Å². The van der Waals surface area contributed by atoms with Crippen molar-refractivity contribution in [1.29, 1.82) is 0 Å². The van der Waals surface area contributed by atoms with Gasteiger partial charge in [0, 0.05) is 22.3 Å². The number of alkyl halides is 3. The van der Waals surface area contributed by atoms with E-state index >= 15 is 0 Å². The Kier molecular flexibility index (Phi) is 6.89. The van der Waals surface area contributed by atoms with Gasteiger partial charge in [0.1, 0.15) is 6.54 Å². The van der Waals surface area contributed by atoms with E-state index in [1.165, 1.54) is 36.4 Å². The van der Waals surface area contributed by atoms with Crippen LogP contribution in [0.3, 0.4) is 0 Å². The van der Waals surface area contributed by atoms with Crippen molar-refractivity contribution in [3.63, 3.8) is 0 Å². The van der Waals surface area contributed by atoms with E-state index in [0.717, 1.165) is 10.5 Å². The summed E-state index contributed by atoms with van der Waals surface area (Å²) >= 11 is 3.24. The summed E-state index contributed by atoms with van der Waals surface area (Å²) in [5, 5.41) is 0. The van der Waals surface area contributed by atoms with E-state index in [1.54, 1.807) is 12.1 Å². The zero-order valence-electron chi connectivity index (χ0n) is 14.4. The van der Waals surface area contributed by atoms with Crippen molar-refractivity contribution in [2.24, 2.45) is 0 Å². The van der Waals surface area contributed by atoms with Crippen LogP contribution in [0.15, 0.2) is 70.6 Å². The number of sulfonamides is 1. The number of anilines is 1. The van der Waals surface area contributed by atoms with E-state index in [-0.39, 0.29) is 17.0 Å². The maximum Gasteiger partial charge on any atom is 0.406 e. The molecule has 0 heterocycles. The molecule has 5 nitrogen and oxygen atoms in total. The summed E-state index contributed by atoms with van der Waals surface area (Å²) in [7, 11) is -4.03. The largest absolute Gasteiger partial charge is 0.406 e. The first kappa shape index (κ1) is 22.0. The van der Waals surface area contributed by atoms with Crippen LogP contribution in [0.5, 0.6) is 0 Å². The SMILES string of the molecule is C=CCN(CC(F)(F)F)C(=O)c1cccc(S(=O)(=O)Nc2ccc(Br)cc2)c1. The molecule has 1 amide bonds. The van der Waals surface area contributed by atoms with Gasteiger partial charge in [-0.25, -0.2) is 8.42 Å². The van der Waals surface area contributed by atoms with Crippen molar-refractivity contribution in [2.75, 3.05) is 17.8 Å². The number of nitrogens with one attached hydrogen (secondary N) is 1. The van der Waals surface area contributed by atoms with Crippen LogP contribution in [0.25, 0.3) is 0 Å². The summed E-state index contributed by atoms with van der Waals surface area (Å²) < 4.78 is 66.3. The van der Waals surface area contributed by atoms with Crippen LogP contribution >= 0.6 is 15.9 Å². The van der Waals surface area contributed by atoms with Crippen LogP contribution < -0.4 is 4.72 Å². The topological polar surface area (TPSA) is 66.5 Å². The van der Waals surface area contributed by atoms with Gasteiger partial charge < -0.3 is 4.90 Å². The minimum absolute atomic E-state index is 0.176. The number of nitrogens with zero attached hydrogens (tertiary/aromatic N) is 1. The fourth-order valence-electron chi connectivity index (χ4n) is 2.30. The van der Waals surface area contributed by atoms with Crippen molar-refractivity contribution >= 4 is 37.5 Å². The normalized spacial score (nSPS) is 11.7. The molecule has 28 heavy (non-hydrogen) atoms. The molecule has 0 fully saturated rings. The Bertz CT molecular complexity index is 961. The Morgan fingerprint density at radius 3 is 2.39 bits per heavy atom. The predicted molar refractivity (Wildman–Crippen MR) is 104 cm³/mol. The lowest BCUT2D eigenvalue weighted by Gasteiger charge is -2.22. The maximum atomic E-state index is 12.7. The van der Waals surface area contributed by atoms with Crippen LogP contribution in [0, 0.1) is 0 Å². The van der Waals surface area contributed by atoms with E-state index in [1.807, 2.05) is 0 Å². The third-order valence-corrected chi connectivity index (χ3v) is 5.40. The van der Waals surface area contributed by atoms with Gasteiger partial charge in [-0.1, -0.05) is 28.1 Å². The quantitative estimate of drug-likeness (QED) is 0.600. The first-order chi connectivity index (χ1) is 13.0. The van der Waals surface area contributed by atoms with Gasteiger partial charge in [0.15, 0.2) is 0 Å². The number of hydrogen-bond acceptors (Lipinski definition) is 3. The lowest BCUT2D eigenvalue weighted by molar-refractivity contribution is -0.139. The second kappa shape index (κ2) is 8.78. The molecule has 2 aromatic rings. The number of carbonyl (C=O) groups excluding carboxylic acids is 1. The molecule has 10 heteroatoms. The highest BCUT2D eigenvalue weighted by Gasteiger charge is 2.33. The molecule has 2 aromatic carbocycles. The summed E-state index contributed by atoms with van der Waals surface area (Å²) in [4.78, 5) is 12.7. The molecular weight excluding hydrogens is 461 g/mol. The predicted octanol–water partition coefficient (Wildman–Crippen LogP) is 4.44. The smallest absolute Gasteiger partial charge is 0.326 e. The Hall–Kier alpha value is -2.33. The molecular formula is C18H16BrF3N2O3S. The number of carbonyl (C=O) groups is 1. The number of rotatable bonds is 7. The Morgan fingerprint density at radius 1 is 1.18 bits per heavy atom. The Morgan fingerprint density at radius 2 is 1.82 bits per heavy atom. The third kappa shape index (κ3) is 6.10. The molecule has 0 aliphatic carbocycles. The molecule has 2 rings (SSSR count). The number of benzene rings is 2. The first-order valence-corrected chi connectivity index (χ1v) is 10.1. The van der Waals surface area contributed by atoms with Crippen molar-refractivity contribution < 1.29 is 26.4 Å². The van der Waals surface area contributed by atoms with Gasteiger partial charge in [-0.15, -0.1) is 6.58 Å². The molecule has 0 radical (unpaired) electrons. The summed E-state index contributed by atoms with van der Waals surface area (Å²) in [6.07, 6.45) is -3.43. The fraction of sp³-hybridized carbons (Fsp3) is 0.167. The van der Waals surface area contributed by atoms with E-state index in [0.29, 0.717) is 10.6 Å². The summed E-state index contributed by atoms with van der Waals surface area (Å²) in [5.74, 6) is -0.946. The van der Waals surface area contributed by atoms with E-state index < -0.39 is 28.7 Å². The van der Waals surface area contributed by atoms with E-state index in [9.17, 15) is 26.4 Å². The highest BCUT2D eigenvalue weighted by Crippen LogP contribution is 2.21. The molecule has 0 aromatic heterocycles. The van der Waals surface area contributed by atoms with Crippen molar-refractivity contribution in [1.82, 2.24) is 4.90 Å². The average Bonchev–Trinajstić information content (AvgIpc) is 2.61. The molecule has 0 bridgehead atoms. The van der Waals surface area contributed by atoms with E-state index in [4.69, 9.17) is 0 Å². The minimum atomic E-state index is -4.59. The van der Waals surface area contributed by atoms with Crippen LogP contribution in [0.2, 0.25) is 0 Å². The standard InChI is InChI=1S/C18H16BrF3N2O3S/c1-2-10-24(12-18(20,21)22)17(25)13-4-3-5-16(11-13)28(26,27)23-15-8-6-14(19)7-9-15/h2-9,11,23H,1,10,12H2. The number of amides is 1.